The summed E-state index contributed by atoms with van der Waals surface area (Å²) in [4.78, 5) is 19.8. The lowest BCUT2D eigenvalue weighted by atomic mass is 10.1. The summed E-state index contributed by atoms with van der Waals surface area (Å²) in [6, 6.07) is 7.50. The third-order valence-corrected chi connectivity index (χ3v) is 3.75. The van der Waals surface area contributed by atoms with E-state index in [1.165, 1.54) is 0 Å². The number of hydrogen-bond acceptors (Lipinski definition) is 4. The van der Waals surface area contributed by atoms with E-state index in [1.807, 2.05) is 38.1 Å². The van der Waals surface area contributed by atoms with Gasteiger partial charge in [-0.3, -0.25) is 9.48 Å². The Morgan fingerprint density at radius 3 is 2.67 bits per heavy atom. The minimum Gasteiger partial charge on any atom is -0.352 e. The zero-order valence-electron chi connectivity index (χ0n) is 13.8. The van der Waals surface area contributed by atoms with Crippen molar-refractivity contribution < 1.29 is 4.79 Å². The van der Waals surface area contributed by atoms with Crippen LogP contribution in [0.15, 0.2) is 36.7 Å². The molecule has 0 bridgehead atoms. The molecule has 7 heteroatoms. The number of amides is 1. The molecular weight excluding hydrogens is 304 g/mol. The third kappa shape index (κ3) is 3.68. The van der Waals surface area contributed by atoms with Crippen molar-refractivity contribution in [3.05, 3.63) is 53.7 Å². The number of carbonyl (C=O) groups is 1. The monoisotopic (exact) mass is 324 g/mol. The predicted molar refractivity (Wildman–Crippen MR) is 90.5 cm³/mol. The first kappa shape index (κ1) is 15.9. The van der Waals surface area contributed by atoms with Gasteiger partial charge in [-0.25, -0.2) is 4.98 Å². The van der Waals surface area contributed by atoms with Crippen LogP contribution in [0.25, 0.3) is 11.3 Å². The van der Waals surface area contributed by atoms with Crippen molar-refractivity contribution in [3.63, 3.8) is 0 Å². The fourth-order valence-corrected chi connectivity index (χ4v) is 2.57. The molecule has 0 saturated carbocycles. The number of nitrogens with one attached hydrogen (secondary N) is 2. The number of hydrogen-bond donors (Lipinski definition) is 2. The minimum atomic E-state index is -0.0740. The number of benzene rings is 1. The summed E-state index contributed by atoms with van der Waals surface area (Å²) < 4.78 is 1.75. The molecule has 0 spiro atoms. The number of aryl methyl sites for hydroxylation is 3. The number of nitrogens with zero attached hydrogens (tertiary/aromatic N) is 4. The van der Waals surface area contributed by atoms with Gasteiger partial charge in [0.25, 0.3) is 5.91 Å². The Kier molecular flexibility index (Phi) is 4.69. The third-order valence-electron chi connectivity index (χ3n) is 3.75. The number of aromatic nitrogens is 5. The fourth-order valence-electron chi connectivity index (χ4n) is 2.57. The van der Waals surface area contributed by atoms with Gasteiger partial charge in [0.1, 0.15) is 5.82 Å². The molecule has 2 N–H and O–H groups in total. The Hall–Kier alpha value is -2.96. The predicted octanol–water partition coefficient (Wildman–Crippen LogP) is 2.11. The number of carbonyl (C=O) groups excluding carboxylic acids is 1. The van der Waals surface area contributed by atoms with Crippen molar-refractivity contribution in [2.75, 3.05) is 6.54 Å². The average Bonchev–Trinajstić information content (AvgIpc) is 3.21. The van der Waals surface area contributed by atoms with Gasteiger partial charge in [-0.15, -0.1) is 5.10 Å². The highest BCUT2D eigenvalue weighted by atomic mass is 16.1. The van der Waals surface area contributed by atoms with Gasteiger partial charge in [0.05, 0.1) is 11.9 Å². The molecule has 0 atom stereocenters. The quantitative estimate of drug-likeness (QED) is 0.680. The van der Waals surface area contributed by atoms with Crippen molar-refractivity contribution in [3.8, 4) is 11.3 Å². The fraction of sp³-hybridized carbons (Fsp3) is 0.294. The lowest BCUT2D eigenvalue weighted by molar-refractivity contribution is 0.0952. The number of imidazole rings is 1. The lowest BCUT2D eigenvalue weighted by Gasteiger charge is -2.06. The van der Waals surface area contributed by atoms with E-state index in [-0.39, 0.29) is 5.91 Å². The Morgan fingerprint density at radius 1 is 1.25 bits per heavy atom. The summed E-state index contributed by atoms with van der Waals surface area (Å²) >= 11 is 0. The Morgan fingerprint density at radius 2 is 2.04 bits per heavy atom. The summed E-state index contributed by atoms with van der Waals surface area (Å²) in [6.07, 6.45) is 4.25. The van der Waals surface area contributed by atoms with E-state index in [4.69, 9.17) is 0 Å². The van der Waals surface area contributed by atoms with Gasteiger partial charge in [0, 0.05) is 36.1 Å². The maximum Gasteiger partial charge on any atom is 0.251 e. The van der Waals surface area contributed by atoms with Crippen LogP contribution in [-0.4, -0.2) is 37.4 Å². The molecule has 3 aromatic rings. The molecule has 0 radical (unpaired) electrons. The molecule has 1 amide bonds. The molecule has 0 saturated heterocycles. The normalized spacial score (nSPS) is 10.8. The molecular formula is C17H20N6O. The molecule has 7 nitrogen and oxygen atoms in total. The van der Waals surface area contributed by atoms with Crippen molar-refractivity contribution in [2.45, 2.75) is 26.8 Å². The van der Waals surface area contributed by atoms with Crippen LogP contribution in [-0.2, 0) is 6.54 Å². The number of H-pyrrole nitrogens is 1. The van der Waals surface area contributed by atoms with Crippen LogP contribution < -0.4 is 5.32 Å². The molecule has 0 aliphatic rings. The van der Waals surface area contributed by atoms with E-state index < -0.39 is 0 Å². The first-order valence-electron chi connectivity index (χ1n) is 7.89. The topological polar surface area (TPSA) is 88.5 Å². The summed E-state index contributed by atoms with van der Waals surface area (Å²) in [5, 5.41) is 10.5. The molecule has 0 fully saturated rings. The molecule has 0 aliphatic carbocycles. The minimum absolute atomic E-state index is 0.0740. The first-order chi connectivity index (χ1) is 11.6. The van der Waals surface area contributed by atoms with Crippen LogP contribution in [0, 0.1) is 13.8 Å². The molecule has 0 aliphatic heterocycles. The molecule has 24 heavy (non-hydrogen) atoms. The van der Waals surface area contributed by atoms with Crippen LogP contribution in [0.4, 0.5) is 0 Å². The van der Waals surface area contributed by atoms with Crippen LogP contribution >= 0.6 is 0 Å². The van der Waals surface area contributed by atoms with Gasteiger partial charge in [-0.1, -0.05) is 17.3 Å². The summed E-state index contributed by atoms with van der Waals surface area (Å²) in [7, 11) is 0. The van der Waals surface area contributed by atoms with E-state index >= 15 is 0 Å². The zero-order valence-corrected chi connectivity index (χ0v) is 13.8. The maximum absolute atomic E-state index is 12.2. The Bertz CT molecular complexity index is 804. The van der Waals surface area contributed by atoms with Gasteiger partial charge >= 0.3 is 0 Å². The van der Waals surface area contributed by atoms with Crippen LogP contribution in [0.2, 0.25) is 0 Å². The molecule has 0 unspecified atom stereocenters. The highest BCUT2D eigenvalue weighted by Gasteiger charge is 2.09. The molecule has 2 aromatic heterocycles. The standard InChI is InChI=1S/C17H20N6O/c1-12-16(21-13(2)20-12)14-4-6-15(7-5-14)17(24)18-8-3-10-23-11-9-19-22-23/h4-7,9,11H,3,8,10H2,1-2H3,(H,18,24)(H,20,21). The van der Waals surface area contributed by atoms with Gasteiger partial charge in [-0.05, 0) is 32.4 Å². The smallest absolute Gasteiger partial charge is 0.251 e. The molecule has 124 valence electrons. The van der Waals surface area contributed by atoms with Crippen molar-refractivity contribution in [1.29, 1.82) is 0 Å². The van der Waals surface area contributed by atoms with Crippen molar-refractivity contribution in [2.24, 2.45) is 0 Å². The van der Waals surface area contributed by atoms with Gasteiger partial charge in [0.15, 0.2) is 0 Å². The van der Waals surface area contributed by atoms with Crippen LogP contribution in [0.1, 0.15) is 28.3 Å². The van der Waals surface area contributed by atoms with Crippen molar-refractivity contribution in [1.82, 2.24) is 30.3 Å². The van der Waals surface area contributed by atoms with Gasteiger partial charge in [-0.2, -0.15) is 0 Å². The molecule has 2 heterocycles. The average molecular weight is 324 g/mol. The van der Waals surface area contributed by atoms with Crippen molar-refractivity contribution >= 4 is 5.91 Å². The SMILES string of the molecule is Cc1nc(-c2ccc(C(=O)NCCCn3ccnn3)cc2)c(C)[nH]1. The second kappa shape index (κ2) is 7.08. The Labute approximate surface area is 140 Å². The molecule has 3 rings (SSSR count). The van der Waals surface area contributed by atoms with Crippen LogP contribution in [0.5, 0.6) is 0 Å². The summed E-state index contributed by atoms with van der Waals surface area (Å²) in [6.45, 7) is 5.25. The van der Waals surface area contributed by atoms with E-state index in [1.54, 1.807) is 17.1 Å². The maximum atomic E-state index is 12.2. The summed E-state index contributed by atoms with van der Waals surface area (Å²) in [5.74, 6) is 0.812. The van der Waals surface area contributed by atoms with Crippen LogP contribution in [0.3, 0.4) is 0 Å². The van der Waals surface area contributed by atoms with E-state index in [0.29, 0.717) is 12.1 Å². The highest BCUT2D eigenvalue weighted by molar-refractivity contribution is 5.94. The highest BCUT2D eigenvalue weighted by Crippen LogP contribution is 2.21. The van der Waals surface area contributed by atoms with E-state index in [9.17, 15) is 4.79 Å². The number of rotatable bonds is 6. The van der Waals surface area contributed by atoms with E-state index in [2.05, 4.69) is 25.6 Å². The Balaban J connectivity index is 1.55. The van der Waals surface area contributed by atoms with Gasteiger partial charge < -0.3 is 10.3 Å². The summed E-state index contributed by atoms with van der Waals surface area (Å²) in [5.41, 5.74) is 3.59. The largest absolute Gasteiger partial charge is 0.352 e. The zero-order chi connectivity index (χ0) is 16.9. The van der Waals surface area contributed by atoms with E-state index in [0.717, 1.165) is 35.7 Å². The van der Waals surface area contributed by atoms with Gasteiger partial charge in [0.2, 0.25) is 0 Å². The second-order valence-electron chi connectivity index (χ2n) is 5.65. The number of aromatic amines is 1. The second-order valence-corrected chi connectivity index (χ2v) is 5.65. The first-order valence-corrected chi connectivity index (χ1v) is 7.89. The lowest BCUT2D eigenvalue weighted by Crippen LogP contribution is -2.25. The molecule has 1 aromatic carbocycles.